The van der Waals surface area contributed by atoms with Crippen LogP contribution in [0.5, 0.6) is 0 Å². The fraction of sp³-hybridized carbons (Fsp3) is 0.235. The van der Waals surface area contributed by atoms with Crippen molar-refractivity contribution in [3.63, 3.8) is 0 Å². The standard InChI is InChI=1S/C17H14ClF3N2O/c18-14-8-7-11(9-13(14)17(19,20)21)22-16(24)23-15-6-2-4-10-3-1-5-12(10)15/h2,4,6-9H,1,3,5H2,(H2,22,23,24). The van der Waals surface area contributed by atoms with Crippen LogP contribution in [0.4, 0.5) is 29.3 Å². The second-order valence-corrected chi connectivity index (χ2v) is 5.98. The number of carbonyl (C=O) groups excluding carboxylic acids is 1. The molecule has 0 aromatic heterocycles. The molecule has 0 fully saturated rings. The number of fused-ring (bicyclic) bond motifs is 1. The van der Waals surface area contributed by atoms with Gasteiger partial charge in [-0.2, -0.15) is 13.2 Å². The molecule has 0 saturated carbocycles. The van der Waals surface area contributed by atoms with Crippen LogP contribution in [0.25, 0.3) is 0 Å². The predicted molar refractivity (Wildman–Crippen MR) is 87.6 cm³/mol. The van der Waals surface area contributed by atoms with Gasteiger partial charge >= 0.3 is 12.2 Å². The van der Waals surface area contributed by atoms with Gasteiger partial charge in [0.15, 0.2) is 0 Å². The summed E-state index contributed by atoms with van der Waals surface area (Å²) in [5.41, 5.74) is 2.00. The minimum absolute atomic E-state index is 0.0248. The number of hydrogen-bond acceptors (Lipinski definition) is 1. The van der Waals surface area contributed by atoms with Crippen LogP contribution >= 0.6 is 11.6 Å². The second kappa shape index (κ2) is 6.36. The van der Waals surface area contributed by atoms with Gasteiger partial charge in [0.2, 0.25) is 0 Å². The molecule has 24 heavy (non-hydrogen) atoms. The largest absolute Gasteiger partial charge is 0.417 e. The lowest BCUT2D eigenvalue weighted by Crippen LogP contribution is -2.20. The van der Waals surface area contributed by atoms with Crippen LogP contribution in [0, 0.1) is 0 Å². The van der Waals surface area contributed by atoms with Gasteiger partial charge in [0.05, 0.1) is 10.6 Å². The van der Waals surface area contributed by atoms with Crippen molar-refractivity contribution >= 4 is 29.0 Å². The van der Waals surface area contributed by atoms with Crippen LogP contribution in [0.2, 0.25) is 5.02 Å². The van der Waals surface area contributed by atoms with Gasteiger partial charge in [-0.25, -0.2) is 4.79 Å². The van der Waals surface area contributed by atoms with Gasteiger partial charge in [-0.05, 0) is 54.7 Å². The van der Waals surface area contributed by atoms with Crippen LogP contribution in [0.1, 0.15) is 23.1 Å². The van der Waals surface area contributed by atoms with Crippen LogP contribution in [-0.4, -0.2) is 6.03 Å². The fourth-order valence-electron chi connectivity index (χ4n) is 2.84. The first kappa shape index (κ1) is 16.6. The average molecular weight is 355 g/mol. The van der Waals surface area contributed by atoms with Gasteiger partial charge < -0.3 is 10.6 Å². The van der Waals surface area contributed by atoms with Crippen LogP contribution < -0.4 is 10.6 Å². The Morgan fingerprint density at radius 1 is 1.08 bits per heavy atom. The molecule has 0 unspecified atom stereocenters. The molecule has 2 aromatic rings. The smallest absolute Gasteiger partial charge is 0.308 e. The molecule has 2 aromatic carbocycles. The van der Waals surface area contributed by atoms with Gasteiger partial charge in [-0.1, -0.05) is 23.7 Å². The number of nitrogens with one attached hydrogen (secondary N) is 2. The highest BCUT2D eigenvalue weighted by Crippen LogP contribution is 2.36. The van der Waals surface area contributed by atoms with E-state index in [0.29, 0.717) is 5.69 Å². The van der Waals surface area contributed by atoms with E-state index in [1.165, 1.54) is 11.6 Å². The molecule has 0 saturated heterocycles. The van der Waals surface area contributed by atoms with E-state index in [1.807, 2.05) is 12.1 Å². The minimum atomic E-state index is -4.58. The quantitative estimate of drug-likeness (QED) is 0.735. The second-order valence-electron chi connectivity index (χ2n) is 5.57. The van der Waals surface area contributed by atoms with E-state index < -0.39 is 22.8 Å². The SMILES string of the molecule is O=C(Nc1ccc(Cl)c(C(F)(F)F)c1)Nc1cccc2c1CCC2. The van der Waals surface area contributed by atoms with Crippen molar-refractivity contribution in [3.05, 3.63) is 58.1 Å². The third kappa shape index (κ3) is 3.48. The Morgan fingerprint density at radius 2 is 1.88 bits per heavy atom. The van der Waals surface area contributed by atoms with E-state index in [2.05, 4.69) is 10.6 Å². The van der Waals surface area contributed by atoms with E-state index in [1.54, 1.807) is 6.07 Å². The summed E-state index contributed by atoms with van der Waals surface area (Å²) in [6, 6.07) is 8.31. The number of anilines is 2. The zero-order valence-corrected chi connectivity index (χ0v) is 13.3. The monoisotopic (exact) mass is 354 g/mol. The number of carbonyl (C=O) groups is 1. The summed E-state index contributed by atoms with van der Waals surface area (Å²) < 4.78 is 38.6. The number of amides is 2. The van der Waals surface area contributed by atoms with Crippen molar-refractivity contribution in [2.75, 3.05) is 10.6 Å². The summed E-state index contributed by atoms with van der Waals surface area (Å²) >= 11 is 5.56. The Kier molecular flexibility index (Phi) is 4.41. The summed E-state index contributed by atoms with van der Waals surface area (Å²) in [7, 11) is 0. The van der Waals surface area contributed by atoms with Crippen LogP contribution in [-0.2, 0) is 19.0 Å². The number of hydrogen-bond donors (Lipinski definition) is 2. The lowest BCUT2D eigenvalue weighted by atomic mass is 10.1. The summed E-state index contributed by atoms with van der Waals surface area (Å²) in [5, 5.41) is 4.70. The first-order valence-corrected chi connectivity index (χ1v) is 7.78. The Hall–Kier alpha value is -2.21. The minimum Gasteiger partial charge on any atom is -0.308 e. The van der Waals surface area contributed by atoms with Gasteiger partial charge in [-0.3, -0.25) is 0 Å². The molecule has 7 heteroatoms. The van der Waals surface area contributed by atoms with E-state index in [4.69, 9.17) is 11.6 Å². The Morgan fingerprint density at radius 3 is 2.62 bits per heavy atom. The number of benzene rings is 2. The third-order valence-corrected chi connectivity index (χ3v) is 4.25. The summed E-state index contributed by atoms with van der Waals surface area (Å²) in [5.74, 6) is 0. The van der Waals surface area contributed by atoms with Gasteiger partial charge in [0.25, 0.3) is 0 Å². The molecule has 3 nitrogen and oxygen atoms in total. The number of halogens is 4. The van der Waals surface area contributed by atoms with Crippen molar-refractivity contribution < 1.29 is 18.0 Å². The Labute approximate surface area is 141 Å². The van der Waals surface area contributed by atoms with Gasteiger partial charge in [0.1, 0.15) is 0 Å². The highest BCUT2D eigenvalue weighted by atomic mass is 35.5. The lowest BCUT2D eigenvalue weighted by Gasteiger charge is -2.13. The zero-order chi connectivity index (χ0) is 17.3. The molecular formula is C17H14ClF3N2O. The number of rotatable bonds is 2. The summed E-state index contributed by atoms with van der Waals surface area (Å²) in [6.45, 7) is 0. The topological polar surface area (TPSA) is 41.1 Å². The molecule has 1 aliphatic rings. The normalized spacial score (nSPS) is 13.5. The molecule has 0 bridgehead atoms. The maximum atomic E-state index is 12.9. The van der Waals surface area contributed by atoms with E-state index in [-0.39, 0.29) is 5.69 Å². The molecule has 0 radical (unpaired) electrons. The number of aryl methyl sites for hydroxylation is 1. The summed E-state index contributed by atoms with van der Waals surface area (Å²) in [4.78, 5) is 12.1. The average Bonchev–Trinajstić information content (AvgIpc) is 2.97. The number of alkyl halides is 3. The zero-order valence-electron chi connectivity index (χ0n) is 12.5. The van der Waals surface area contributed by atoms with Crippen LogP contribution in [0.15, 0.2) is 36.4 Å². The third-order valence-electron chi connectivity index (χ3n) is 3.92. The molecule has 0 spiro atoms. The molecule has 2 amide bonds. The van der Waals surface area contributed by atoms with Crippen molar-refractivity contribution in [2.24, 2.45) is 0 Å². The lowest BCUT2D eigenvalue weighted by molar-refractivity contribution is -0.137. The molecule has 0 aliphatic heterocycles. The van der Waals surface area contributed by atoms with Crippen molar-refractivity contribution in [3.8, 4) is 0 Å². The molecule has 3 rings (SSSR count). The first-order chi connectivity index (χ1) is 11.3. The predicted octanol–water partition coefficient (Wildman–Crippen LogP) is 5.49. The molecule has 1 aliphatic carbocycles. The van der Waals surface area contributed by atoms with Gasteiger partial charge in [-0.15, -0.1) is 0 Å². The Bertz CT molecular complexity index is 790. The van der Waals surface area contributed by atoms with E-state index in [0.717, 1.165) is 37.0 Å². The molecule has 0 heterocycles. The fourth-order valence-corrected chi connectivity index (χ4v) is 3.07. The maximum absolute atomic E-state index is 12.9. The van der Waals surface area contributed by atoms with Crippen molar-refractivity contribution in [2.45, 2.75) is 25.4 Å². The molecular weight excluding hydrogens is 341 g/mol. The highest BCUT2D eigenvalue weighted by molar-refractivity contribution is 6.31. The first-order valence-electron chi connectivity index (χ1n) is 7.40. The highest BCUT2D eigenvalue weighted by Gasteiger charge is 2.33. The van der Waals surface area contributed by atoms with Crippen molar-refractivity contribution in [1.82, 2.24) is 0 Å². The molecule has 2 N–H and O–H groups in total. The van der Waals surface area contributed by atoms with Crippen LogP contribution in [0.3, 0.4) is 0 Å². The summed E-state index contributed by atoms with van der Waals surface area (Å²) in [6.07, 6.45) is -1.70. The molecule has 0 atom stereocenters. The van der Waals surface area contributed by atoms with Gasteiger partial charge in [0, 0.05) is 11.4 Å². The van der Waals surface area contributed by atoms with E-state index in [9.17, 15) is 18.0 Å². The Balaban J connectivity index is 1.75. The maximum Gasteiger partial charge on any atom is 0.417 e. The molecule has 126 valence electrons. The number of urea groups is 1. The van der Waals surface area contributed by atoms with Crippen molar-refractivity contribution in [1.29, 1.82) is 0 Å². The van der Waals surface area contributed by atoms with E-state index >= 15 is 0 Å².